The van der Waals surface area contributed by atoms with Crippen LogP contribution in [0, 0.1) is 0 Å². The van der Waals surface area contributed by atoms with Crippen molar-refractivity contribution in [2.24, 2.45) is 0 Å². The van der Waals surface area contributed by atoms with Gasteiger partial charge in [0.2, 0.25) is 5.95 Å². The van der Waals surface area contributed by atoms with E-state index in [9.17, 15) is 4.79 Å². The summed E-state index contributed by atoms with van der Waals surface area (Å²) in [5.74, 6) is 0.726. The molecule has 0 aromatic carbocycles. The van der Waals surface area contributed by atoms with Gasteiger partial charge in [0, 0.05) is 32.4 Å². The number of aromatic nitrogens is 4. The number of carbonyl (C=O) groups is 1. The van der Waals surface area contributed by atoms with Gasteiger partial charge >= 0.3 is 6.09 Å². The highest BCUT2D eigenvalue weighted by Crippen LogP contribution is 2.21. The van der Waals surface area contributed by atoms with Gasteiger partial charge in [-0.1, -0.05) is 0 Å². The molecular weight excluding hydrogens is 364 g/mol. The minimum atomic E-state index is -0.478. The maximum Gasteiger partial charge on any atom is 0.410 e. The monoisotopic (exact) mass is 382 g/mol. The van der Waals surface area contributed by atoms with Crippen LogP contribution in [0.2, 0.25) is 0 Å². The van der Waals surface area contributed by atoms with E-state index < -0.39 is 5.60 Å². The molecule has 0 N–H and O–H groups in total. The zero-order valence-corrected chi connectivity index (χ0v) is 14.9. The average molecular weight is 383 g/mol. The highest BCUT2D eigenvalue weighted by Gasteiger charge is 2.27. The third kappa shape index (κ3) is 3.39. The number of halogens is 1. The first-order valence-corrected chi connectivity index (χ1v) is 8.21. The van der Waals surface area contributed by atoms with Crippen molar-refractivity contribution >= 4 is 33.6 Å². The van der Waals surface area contributed by atoms with Crippen molar-refractivity contribution in [1.29, 1.82) is 0 Å². The maximum absolute atomic E-state index is 12.1. The summed E-state index contributed by atoms with van der Waals surface area (Å²) < 4.78 is 7.91. The van der Waals surface area contributed by atoms with Gasteiger partial charge in [0.25, 0.3) is 0 Å². The van der Waals surface area contributed by atoms with Gasteiger partial charge in [-0.2, -0.15) is 9.61 Å². The van der Waals surface area contributed by atoms with Gasteiger partial charge in [0.1, 0.15) is 11.9 Å². The van der Waals surface area contributed by atoms with Crippen LogP contribution in [0.5, 0.6) is 0 Å². The molecule has 1 saturated heterocycles. The molecule has 1 aliphatic heterocycles. The molecule has 0 saturated carbocycles. The Labute approximate surface area is 142 Å². The highest BCUT2D eigenvalue weighted by molar-refractivity contribution is 9.10. The Morgan fingerprint density at radius 1 is 1.22 bits per heavy atom. The van der Waals surface area contributed by atoms with E-state index in [0.717, 1.165) is 16.1 Å². The summed E-state index contributed by atoms with van der Waals surface area (Å²) in [5, 5.41) is 4.22. The van der Waals surface area contributed by atoms with Crippen molar-refractivity contribution in [1.82, 2.24) is 24.5 Å². The predicted octanol–water partition coefficient (Wildman–Crippen LogP) is 1.94. The number of rotatable bonds is 1. The van der Waals surface area contributed by atoms with Gasteiger partial charge in [-0.05, 0) is 36.7 Å². The molecule has 1 amide bonds. The van der Waals surface area contributed by atoms with Crippen molar-refractivity contribution in [2.45, 2.75) is 26.4 Å². The van der Waals surface area contributed by atoms with Gasteiger partial charge in [-0.15, -0.1) is 0 Å². The van der Waals surface area contributed by atoms with Crippen LogP contribution in [0.15, 0.2) is 17.0 Å². The lowest BCUT2D eigenvalue weighted by molar-refractivity contribution is 0.0240. The second-order valence-corrected chi connectivity index (χ2v) is 7.21. The molecule has 9 heteroatoms. The predicted molar refractivity (Wildman–Crippen MR) is 88.5 cm³/mol. The number of anilines is 1. The van der Waals surface area contributed by atoms with Crippen molar-refractivity contribution in [3.63, 3.8) is 0 Å². The maximum atomic E-state index is 12.1. The Kier molecular flexibility index (Phi) is 4.13. The Bertz CT molecular complexity index is 718. The molecule has 8 nitrogen and oxygen atoms in total. The Balaban J connectivity index is 1.70. The number of ether oxygens (including phenoxy) is 1. The number of fused-ring (bicyclic) bond motifs is 1. The van der Waals surface area contributed by atoms with E-state index in [1.807, 2.05) is 20.8 Å². The molecule has 1 aliphatic rings. The molecule has 2 aromatic heterocycles. The van der Waals surface area contributed by atoms with Gasteiger partial charge < -0.3 is 14.5 Å². The van der Waals surface area contributed by atoms with Crippen LogP contribution in [0.25, 0.3) is 5.65 Å². The van der Waals surface area contributed by atoms with E-state index in [2.05, 4.69) is 35.9 Å². The molecule has 0 bridgehead atoms. The van der Waals surface area contributed by atoms with Crippen LogP contribution in [-0.4, -0.2) is 62.4 Å². The Morgan fingerprint density at radius 2 is 1.91 bits per heavy atom. The van der Waals surface area contributed by atoms with Crippen LogP contribution >= 0.6 is 15.9 Å². The fraction of sp³-hybridized carbons (Fsp3) is 0.571. The summed E-state index contributed by atoms with van der Waals surface area (Å²) >= 11 is 3.42. The van der Waals surface area contributed by atoms with E-state index in [4.69, 9.17) is 4.74 Å². The normalized spacial score (nSPS) is 16.0. The van der Waals surface area contributed by atoms with Crippen molar-refractivity contribution < 1.29 is 9.53 Å². The van der Waals surface area contributed by atoms with Gasteiger partial charge in [-0.25, -0.2) is 14.8 Å². The summed E-state index contributed by atoms with van der Waals surface area (Å²) in [7, 11) is 0. The molecule has 1 fully saturated rings. The minimum absolute atomic E-state index is 0.271. The number of amides is 1. The highest BCUT2D eigenvalue weighted by atomic mass is 79.9. The van der Waals surface area contributed by atoms with Crippen molar-refractivity contribution in [3.8, 4) is 0 Å². The number of hydrogen-bond donors (Lipinski definition) is 0. The minimum Gasteiger partial charge on any atom is -0.444 e. The molecule has 2 aromatic rings. The van der Waals surface area contributed by atoms with E-state index >= 15 is 0 Å². The lowest BCUT2D eigenvalue weighted by Gasteiger charge is -2.35. The zero-order chi connectivity index (χ0) is 16.6. The molecule has 23 heavy (non-hydrogen) atoms. The molecule has 3 heterocycles. The molecule has 0 spiro atoms. The smallest absolute Gasteiger partial charge is 0.410 e. The molecule has 0 unspecified atom stereocenters. The van der Waals surface area contributed by atoms with Crippen LogP contribution in [0.4, 0.5) is 10.7 Å². The SMILES string of the molecule is CC(C)(C)OC(=O)N1CCN(c2ncc(Br)c3ncnn23)CC1. The average Bonchev–Trinajstić information content (AvgIpc) is 2.96. The molecule has 0 atom stereocenters. The summed E-state index contributed by atoms with van der Waals surface area (Å²) in [4.78, 5) is 24.6. The van der Waals surface area contributed by atoms with Gasteiger partial charge in [0.05, 0.1) is 4.47 Å². The number of hydrogen-bond acceptors (Lipinski definition) is 6. The van der Waals surface area contributed by atoms with E-state index in [-0.39, 0.29) is 6.09 Å². The Morgan fingerprint density at radius 3 is 2.57 bits per heavy atom. The van der Waals surface area contributed by atoms with Gasteiger partial charge in [0.15, 0.2) is 5.65 Å². The van der Waals surface area contributed by atoms with E-state index in [1.54, 1.807) is 15.6 Å². The summed E-state index contributed by atoms with van der Waals surface area (Å²) in [5.41, 5.74) is 0.249. The number of nitrogens with zero attached hydrogens (tertiary/aromatic N) is 6. The first-order chi connectivity index (χ1) is 10.8. The van der Waals surface area contributed by atoms with Crippen LogP contribution in [0.3, 0.4) is 0 Å². The molecular formula is C14H19BrN6O2. The molecule has 124 valence electrons. The molecule has 3 rings (SSSR count). The second-order valence-electron chi connectivity index (χ2n) is 6.36. The van der Waals surface area contributed by atoms with E-state index in [0.29, 0.717) is 26.2 Å². The fourth-order valence-corrected chi connectivity index (χ4v) is 2.78. The van der Waals surface area contributed by atoms with Crippen molar-refractivity contribution in [2.75, 3.05) is 31.1 Å². The molecule has 0 radical (unpaired) electrons. The summed E-state index contributed by atoms with van der Waals surface area (Å²) in [6, 6.07) is 0. The molecule has 0 aliphatic carbocycles. The second kappa shape index (κ2) is 5.95. The summed E-state index contributed by atoms with van der Waals surface area (Å²) in [6.45, 7) is 8.12. The third-order valence-electron chi connectivity index (χ3n) is 3.46. The fourth-order valence-electron chi connectivity index (χ4n) is 2.41. The Hall–Kier alpha value is -1.90. The quantitative estimate of drug-likeness (QED) is 0.749. The van der Waals surface area contributed by atoms with Crippen LogP contribution in [-0.2, 0) is 4.74 Å². The topological polar surface area (TPSA) is 75.9 Å². The largest absolute Gasteiger partial charge is 0.444 e. The third-order valence-corrected chi connectivity index (χ3v) is 4.02. The summed E-state index contributed by atoms with van der Waals surface area (Å²) in [6.07, 6.45) is 2.95. The lowest BCUT2D eigenvalue weighted by atomic mass is 10.2. The van der Waals surface area contributed by atoms with Crippen LogP contribution in [0.1, 0.15) is 20.8 Å². The zero-order valence-electron chi connectivity index (χ0n) is 13.4. The number of carbonyl (C=O) groups excluding carboxylic acids is 1. The van der Waals surface area contributed by atoms with Gasteiger partial charge in [-0.3, -0.25) is 0 Å². The first kappa shape index (κ1) is 16.0. The van der Waals surface area contributed by atoms with E-state index in [1.165, 1.54) is 6.33 Å². The number of piperazine rings is 1. The standard InChI is InChI=1S/C14H19BrN6O2/c1-14(2,3)23-13(22)20-6-4-19(5-7-20)12-16-8-10(15)11-17-9-18-21(11)12/h8-9H,4-7H2,1-3H3. The van der Waals surface area contributed by atoms with Crippen molar-refractivity contribution in [3.05, 3.63) is 17.0 Å². The lowest BCUT2D eigenvalue weighted by Crippen LogP contribution is -2.50. The first-order valence-electron chi connectivity index (χ1n) is 7.42. The van der Waals surface area contributed by atoms with Crippen LogP contribution < -0.4 is 4.90 Å².